The van der Waals surface area contributed by atoms with Crippen LogP contribution in [0.15, 0.2) is 12.1 Å². The first-order chi connectivity index (χ1) is 7.59. The molecule has 2 heterocycles. The second kappa shape index (κ2) is 4.22. The molecule has 0 aromatic carbocycles. The van der Waals surface area contributed by atoms with Gasteiger partial charge in [-0.2, -0.15) is 0 Å². The number of aromatic nitrogens is 1. The summed E-state index contributed by atoms with van der Waals surface area (Å²) >= 11 is 0. The van der Waals surface area contributed by atoms with Crippen molar-refractivity contribution in [2.75, 3.05) is 13.1 Å². The molecule has 2 N–H and O–H groups in total. The number of pyridine rings is 1. The molecule has 0 aliphatic carbocycles. The number of carboxylic acids is 1. The van der Waals surface area contributed by atoms with Crippen LogP contribution in [-0.4, -0.2) is 29.1 Å². The fourth-order valence-electron chi connectivity index (χ4n) is 2.11. The zero-order valence-corrected chi connectivity index (χ0v) is 9.53. The number of hydrogen-bond donors (Lipinski definition) is 2. The first-order valence-corrected chi connectivity index (χ1v) is 5.47. The van der Waals surface area contributed by atoms with Gasteiger partial charge >= 0.3 is 5.97 Å². The predicted molar refractivity (Wildman–Crippen MR) is 60.4 cm³/mol. The van der Waals surface area contributed by atoms with Crippen LogP contribution in [0.5, 0.6) is 0 Å². The average Bonchev–Trinajstić information content (AvgIpc) is 2.71. The zero-order chi connectivity index (χ0) is 11.7. The molecular formula is C12H16N2O2. The third-order valence-corrected chi connectivity index (χ3v) is 3.28. The van der Waals surface area contributed by atoms with Gasteiger partial charge in [0.1, 0.15) is 0 Å². The summed E-state index contributed by atoms with van der Waals surface area (Å²) in [6, 6.07) is 3.95. The molecule has 2 rings (SSSR count). The second-order valence-electron chi connectivity index (χ2n) is 4.35. The van der Waals surface area contributed by atoms with Gasteiger partial charge in [0.2, 0.25) is 0 Å². The van der Waals surface area contributed by atoms with E-state index in [0.29, 0.717) is 13.1 Å². The van der Waals surface area contributed by atoms with E-state index in [1.54, 1.807) is 0 Å². The lowest BCUT2D eigenvalue weighted by molar-refractivity contribution is -0.141. The molecular weight excluding hydrogens is 204 g/mol. The highest BCUT2D eigenvalue weighted by Crippen LogP contribution is 2.27. The van der Waals surface area contributed by atoms with E-state index in [9.17, 15) is 4.79 Å². The number of rotatable bonds is 2. The maximum atomic E-state index is 11.1. The molecule has 4 heteroatoms. The largest absolute Gasteiger partial charge is 0.481 e. The van der Waals surface area contributed by atoms with Crippen LogP contribution in [0.1, 0.15) is 22.9 Å². The molecule has 1 fully saturated rings. The Labute approximate surface area is 94.7 Å². The molecule has 0 radical (unpaired) electrons. The Kier molecular flexibility index (Phi) is 2.92. The monoisotopic (exact) mass is 220 g/mol. The highest BCUT2D eigenvalue weighted by Gasteiger charge is 2.34. The lowest BCUT2D eigenvalue weighted by Gasteiger charge is -2.15. The Morgan fingerprint density at radius 1 is 1.44 bits per heavy atom. The molecule has 2 atom stereocenters. The van der Waals surface area contributed by atoms with Crippen LogP contribution in [0.25, 0.3) is 0 Å². The first-order valence-electron chi connectivity index (χ1n) is 5.47. The standard InChI is InChI=1S/C12H16N2O2/c1-7-3-4-11(14-8(7)2)9-5-13-6-10(9)12(15)16/h3-4,9-10,13H,5-6H2,1-2H3,(H,15,16). The summed E-state index contributed by atoms with van der Waals surface area (Å²) in [7, 11) is 0. The lowest BCUT2D eigenvalue weighted by atomic mass is 9.92. The van der Waals surface area contributed by atoms with Gasteiger partial charge in [0.25, 0.3) is 0 Å². The van der Waals surface area contributed by atoms with E-state index in [2.05, 4.69) is 10.3 Å². The Balaban J connectivity index is 2.29. The van der Waals surface area contributed by atoms with Crippen LogP contribution in [0.4, 0.5) is 0 Å². The quantitative estimate of drug-likeness (QED) is 0.783. The van der Waals surface area contributed by atoms with Crippen LogP contribution >= 0.6 is 0 Å². The Bertz CT molecular complexity index is 417. The minimum atomic E-state index is -0.741. The van der Waals surface area contributed by atoms with E-state index in [0.717, 1.165) is 17.0 Å². The summed E-state index contributed by atoms with van der Waals surface area (Å²) in [4.78, 5) is 15.6. The van der Waals surface area contributed by atoms with Gasteiger partial charge in [-0.3, -0.25) is 9.78 Å². The van der Waals surface area contributed by atoms with Crippen molar-refractivity contribution in [3.05, 3.63) is 29.1 Å². The number of nitrogens with one attached hydrogen (secondary N) is 1. The van der Waals surface area contributed by atoms with E-state index in [-0.39, 0.29) is 11.8 Å². The van der Waals surface area contributed by atoms with Crippen molar-refractivity contribution in [1.82, 2.24) is 10.3 Å². The molecule has 86 valence electrons. The van der Waals surface area contributed by atoms with Crippen LogP contribution in [0, 0.1) is 19.8 Å². The normalized spacial score (nSPS) is 24.6. The van der Waals surface area contributed by atoms with E-state index in [4.69, 9.17) is 5.11 Å². The summed E-state index contributed by atoms with van der Waals surface area (Å²) < 4.78 is 0. The maximum Gasteiger partial charge on any atom is 0.308 e. The van der Waals surface area contributed by atoms with E-state index in [1.807, 2.05) is 26.0 Å². The minimum Gasteiger partial charge on any atom is -0.481 e. The summed E-state index contributed by atoms with van der Waals surface area (Å²) in [5, 5.41) is 12.2. The summed E-state index contributed by atoms with van der Waals surface area (Å²) in [5.74, 6) is -1.10. The molecule has 1 aromatic heterocycles. The molecule has 0 bridgehead atoms. The smallest absolute Gasteiger partial charge is 0.308 e. The fraction of sp³-hybridized carbons (Fsp3) is 0.500. The topological polar surface area (TPSA) is 62.2 Å². The molecule has 0 saturated carbocycles. The van der Waals surface area contributed by atoms with Crippen molar-refractivity contribution in [2.45, 2.75) is 19.8 Å². The molecule has 1 aromatic rings. The number of carboxylic acid groups (broad SMARTS) is 1. The number of aryl methyl sites for hydroxylation is 2. The van der Waals surface area contributed by atoms with Gasteiger partial charge in [0.05, 0.1) is 5.92 Å². The molecule has 16 heavy (non-hydrogen) atoms. The minimum absolute atomic E-state index is 0.00296. The second-order valence-corrected chi connectivity index (χ2v) is 4.35. The van der Waals surface area contributed by atoms with Gasteiger partial charge in [-0.05, 0) is 25.5 Å². The van der Waals surface area contributed by atoms with Crippen LogP contribution < -0.4 is 5.32 Å². The SMILES string of the molecule is Cc1ccc(C2CNCC2C(=O)O)nc1C. The summed E-state index contributed by atoms with van der Waals surface area (Å²) in [5.41, 5.74) is 3.01. The fourth-order valence-corrected chi connectivity index (χ4v) is 2.11. The van der Waals surface area contributed by atoms with Gasteiger partial charge in [0.15, 0.2) is 0 Å². The van der Waals surface area contributed by atoms with Crippen molar-refractivity contribution in [1.29, 1.82) is 0 Å². The molecule has 1 aliphatic rings. The number of nitrogens with zero attached hydrogens (tertiary/aromatic N) is 1. The molecule has 2 unspecified atom stereocenters. The van der Waals surface area contributed by atoms with Gasteiger partial charge in [-0.1, -0.05) is 6.07 Å². The Morgan fingerprint density at radius 2 is 2.19 bits per heavy atom. The molecule has 4 nitrogen and oxygen atoms in total. The van der Waals surface area contributed by atoms with Crippen molar-refractivity contribution >= 4 is 5.97 Å². The van der Waals surface area contributed by atoms with Gasteiger partial charge in [-0.15, -0.1) is 0 Å². The average molecular weight is 220 g/mol. The highest BCUT2D eigenvalue weighted by atomic mass is 16.4. The maximum absolute atomic E-state index is 11.1. The van der Waals surface area contributed by atoms with E-state index < -0.39 is 5.97 Å². The third kappa shape index (κ3) is 1.93. The number of carbonyl (C=O) groups is 1. The lowest BCUT2D eigenvalue weighted by Crippen LogP contribution is -2.21. The molecule has 1 saturated heterocycles. The first kappa shape index (κ1) is 11.1. The van der Waals surface area contributed by atoms with Crippen LogP contribution in [0.3, 0.4) is 0 Å². The molecule has 1 aliphatic heterocycles. The van der Waals surface area contributed by atoms with Gasteiger partial charge in [0, 0.05) is 30.4 Å². The summed E-state index contributed by atoms with van der Waals surface area (Å²) in [6.07, 6.45) is 0. The molecule has 0 amide bonds. The van der Waals surface area contributed by atoms with Crippen LogP contribution in [0.2, 0.25) is 0 Å². The van der Waals surface area contributed by atoms with Gasteiger partial charge in [-0.25, -0.2) is 0 Å². The van der Waals surface area contributed by atoms with Gasteiger partial charge < -0.3 is 10.4 Å². The van der Waals surface area contributed by atoms with E-state index in [1.165, 1.54) is 0 Å². The molecule has 0 spiro atoms. The zero-order valence-electron chi connectivity index (χ0n) is 9.53. The van der Waals surface area contributed by atoms with Crippen molar-refractivity contribution in [3.63, 3.8) is 0 Å². The number of aliphatic carboxylic acids is 1. The van der Waals surface area contributed by atoms with Crippen molar-refractivity contribution in [2.24, 2.45) is 5.92 Å². The van der Waals surface area contributed by atoms with E-state index >= 15 is 0 Å². The summed E-state index contributed by atoms with van der Waals surface area (Å²) in [6.45, 7) is 5.20. The Morgan fingerprint density at radius 3 is 2.81 bits per heavy atom. The Hall–Kier alpha value is -1.42. The van der Waals surface area contributed by atoms with Crippen molar-refractivity contribution in [3.8, 4) is 0 Å². The predicted octanol–water partition coefficient (Wildman–Crippen LogP) is 1.09. The van der Waals surface area contributed by atoms with Crippen LogP contribution in [-0.2, 0) is 4.79 Å². The highest BCUT2D eigenvalue weighted by molar-refractivity contribution is 5.72. The van der Waals surface area contributed by atoms with Crippen molar-refractivity contribution < 1.29 is 9.90 Å². The number of hydrogen-bond acceptors (Lipinski definition) is 3. The third-order valence-electron chi connectivity index (χ3n) is 3.28.